The normalized spacial score (nSPS) is 10.4. The van der Waals surface area contributed by atoms with E-state index < -0.39 is 0 Å². The van der Waals surface area contributed by atoms with Crippen LogP contribution in [0, 0.1) is 6.92 Å². The van der Waals surface area contributed by atoms with Crippen LogP contribution < -0.4 is 0 Å². The van der Waals surface area contributed by atoms with Crippen molar-refractivity contribution in [2.45, 2.75) is 20.5 Å². The van der Waals surface area contributed by atoms with Gasteiger partial charge in [0, 0.05) is 18.5 Å². The van der Waals surface area contributed by atoms with Gasteiger partial charge in [0.15, 0.2) is 18.1 Å². The quantitative estimate of drug-likeness (QED) is 0.711. The van der Waals surface area contributed by atoms with Gasteiger partial charge >= 0.3 is 5.97 Å². The predicted molar refractivity (Wildman–Crippen MR) is 57.5 cm³/mol. The Hall–Kier alpha value is -2.04. The molecule has 2 rings (SSSR count). The summed E-state index contributed by atoms with van der Waals surface area (Å²) in [6.45, 7) is 3.32. The van der Waals surface area contributed by atoms with Crippen molar-refractivity contribution in [1.82, 2.24) is 15.0 Å². The highest BCUT2D eigenvalue weighted by molar-refractivity contribution is 5.76. The van der Waals surface area contributed by atoms with Gasteiger partial charge in [0.05, 0.1) is 5.69 Å². The number of nitrogens with zero attached hydrogens (tertiary/aromatic N) is 3. The molecule has 0 saturated carbocycles. The summed E-state index contributed by atoms with van der Waals surface area (Å²) >= 11 is 0. The summed E-state index contributed by atoms with van der Waals surface area (Å²) in [5.41, 5.74) is 1.46. The van der Waals surface area contributed by atoms with Crippen LogP contribution in [0.2, 0.25) is 0 Å². The Morgan fingerprint density at radius 3 is 3.00 bits per heavy atom. The maximum atomic E-state index is 10.7. The molecule has 2 aromatic rings. The molecular weight excluding hydrogens is 206 g/mol. The average Bonchev–Trinajstić information content (AvgIpc) is 2.26. The molecule has 0 radical (unpaired) electrons. The van der Waals surface area contributed by atoms with Crippen LogP contribution in [-0.4, -0.2) is 20.9 Å². The third-order valence-electron chi connectivity index (χ3n) is 2.11. The van der Waals surface area contributed by atoms with Gasteiger partial charge in [-0.1, -0.05) is 0 Å². The van der Waals surface area contributed by atoms with Crippen molar-refractivity contribution < 1.29 is 9.53 Å². The van der Waals surface area contributed by atoms with Crippen LogP contribution in [0.4, 0.5) is 0 Å². The van der Waals surface area contributed by atoms with Crippen molar-refractivity contribution >= 4 is 17.0 Å². The SMILES string of the molecule is CC(=O)OCc1nc(C)c2cccnc2n1. The van der Waals surface area contributed by atoms with Gasteiger partial charge in [0.1, 0.15) is 0 Å². The zero-order valence-corrected chi connectivity index (χ0v) is 9.10. The van der Waals surface area contributed by atoms with E-state index in [4.69, 9.17) is 4.74 Å². The second kappa shape index (κ2) is 4.22. The number of aryl methyl sites for hydroxylation is 1. The van der Waals surface area contributed by atoms with Crippen molar-refractivity contribution in [3.63, 3.8) is 0 Å². The number of rotatable bonds is 2. The van der Waals surface area contributed by atoms with E-state index in [-0.39, 0.29) is 12.6 Å². The van der Waals surface area contributed by atoms with E-state index in [2.05, 4.69) is 15.0 Å². The first-order valence-corrected chi connectivity index (χ1v) is 4.88. The third kappa shape index (κ3) is 2.13. The molecule has 82 valence electrons. The maximum absolute atomic E-state index is 10.7. The van der Waals surface area contributed by atoms with Crippen LogP contribution >= 0.6 is 0 Å². The Labute approximate surface area is 92.5 Å². The van der Waals surface area contributed by atoms with Gasteiger partial charge in [0.25, 0.3) is 0 Å². The molecule has 0 aliphatic rings. The molecule has 0 aromatic carbocycles. The topological polar surface area (TPSA) is 65.0 Å². The molecule has 0 atom stereocenters. The lowest BCUT2D eigenvalue weighted by Gasteiger charge is -2.04. The summed E-state index contributed by atoms with van der Waals surface area (Å²) in [6.07, 6.45) is 1.67. The number of ether oxygens (including phenoxy) is 1. The summed E-state index contributed by atoms with van der Waals surface area (Å²) in [7, 11) is 0. The highest BCUT2D eigenvalue weighted by Crippen LogP contribution is 2.12. The van der Waals surface area contributed by atoms with Crippen molar-refractivity contribution in [3.05, 3.63) is 29.8 Å². The Balaban J connectivity index is 2.38. The molecule has 0 fully saturated rings. The summed E-state index contributed by atoms with van der Waals surface area (Å²) in [4.78, 5) is 23.3. The first-order valence-electron chi connectivity index (χ1n) is 4.88. The molecule has 0 unspecified atom stereocenters. The van der Waals surface area contributed by atoms with Crippen LogP contribution in [0.3, 0.4) is 0 Å². The Morgan fingerprint density at radius 2 is 2.25 bits per heavy atom. The fourth-order valence-electron chi connectivity index (χ4n) is 1.40. The molecule has 0 aliphatic heterocycles. The predicted octanol–water partition coefficient (Wildman–Crippen LogP) is 1.40. The molecule has 5 heteroatoms. The van der Waals surface area contributed by atoms with E-state index in [0.717, 1.165) is 11.1 Å². The fraction of sp³-hybridized carbons (Fsp3) is 0.273. The second-order valence-electron chi connectivity index (χ2n) is 3.38. The maximum Gasteiger partial charge on any atom is 0.303 e. The number of aromatic nitrogens is 3. The van der Waals surface area contributed by atoms with Gasteiger partial charge < -0.3 is 4.74 Å². The minimum atomic E-state index is -0.345. The van der Waals surface area contributed by atoms with E-state index in [0.29, 0.717) is 11.5 Å². The van der Waals surface area contributed by atoms with E-state index >= 15 is 0 Å². The van der Waals surface area contributed by atoms with E-state index in [9.17, 15) is 4.79 Å². The molecule has 2 heterocycles. The third-order valence-corrected chi connectivity index (χ3v) is 2.11. The number of carbonyl (C=O) groups excluding carboxylic acids is 1. The Kier molecular flexibility index (Phi) is 2.76. The van der Waals surface area contributed by atoms with E-state index in [1.807, 2.05) is 19.1 Å². The van der Waals surface area contributed by atoms with E-state index in [1.54, 1.807) is 6.20 Å². The zero-order chi connectivity index (χ0) is 11.5. The summed E-state index contributed by atoms with van der Waals surface area (Å²) in [5.74, 6) is 0.126. The Bertz CT molecular complexity index is 540. The van der Waals surface area contributed by atoms with Crippen LogP contribution in [0.5, 0.6) is 0 Å². The van der Waals surface area contributed by atoms with Crippen molar-refractivity contribution in [1.29, 1.82) is 0 Å². The Morgan fingerprint density at radius 1 is 1.44 bits per heavy atom. The highest BCUT2D eigenvalue weighted by atomic mass is 16.5. The molecule has 0 saturated heterocycles. The molecule has 0 bridgehead atoms. The summed E-state index contributed by atoms with van der Waals surface area (Å²) < 4.78 is 4.84. The average molecular weight is 217 g/mol. The molecule has 5 nitrogen and oxygen atoms in total. The van der Waals surface area contributed by atoms with Crippen LogP contribution in [0.15, 0.2) is 18.3 Å². The summed E-state index contributed by atoms with van der Waals surface area (Å²) in [6, 6.07) is 3.75. The summed E-state index contributed by atoms with van der Waals surface area (Å²) in [5, 5.41) is 0.911. The lowest BCUT2D eigenvalue weighted by molar-refractivity contribution is -0.142. The van der Waals surface area contributed by atoms with Gasteiger partial charge in [-0.05, 0) is 19.1 Å². The molecule has 0 spiro atoms. The van der Waals surface area contributed by atoms with Gasteiger partial charge in [0.2, 0.25) is 0 Å². The molecule has 0 aliphatic carbocycles. The lowest BCUT2D eigenvalue weighted by atomic mass is 10.2. The van der Waals surface area contributed by atoms with Crippen molar-refractivity contribution in [2.24, 2.45) is 0 Å². The van der Waals surface area contributed by atoms with Crippen molar-refractivity contribution in [3.8, 4) is 0 Å². The first kappa shape index (κ1) is 10.5. The number of hydrogen-bond donors (Lipinski definition) is 0. The van der Waals surface area contributed by atoms with Crippen LogP contribution in [-0.2, 0) is 16.1 Å². The minimum absolute atomic E-state index is 0.0860. The number of esters is 1. The lowest BCUT2D eigenvalue weighted by Crippen LogP contribution is -2.05. The standard InChI is InChI=1S/C11H11N3O2/c1-7-9-4-3-5-12-11(9)14-10(13-7)6-16-8(2)15/h3-5H,6H2,1-2H3. The monoisotopic (exact) mass is 217 g/mol. The first-order chi connectivity index (χ1) is 7.66. The number of fused-ring (bicyclic) bond motifs is 1. The molecule has 0 N–H and O–H groups in total. The molecule has 2 aromatic heterocycles. The van der Waals surface area contributed by atoms with Gasteiger partial charge in [-0.25, -0.2) is 15.0 Å². The fourth-order valence-corrected chi connectivity index (χ4v) is 1.40. The van der Waals surface area contributed by atoms with Gasteiger partial charge in [-0.15, -0.1) is 0 Å². The zero-order valence-electron chi connectivity index (χ0n) is 9.10. The van der Waals surface area contributed by atoms with Gasteiger partial charge in [-0.3, -0.25) is 4.79 Å². The van der Waals surface area contributed by atoms with Crippen molar-refractivity contribution in [2.75, 3.05) is 0 Å². The largest absolute Gasteiger partial charge is 0.458 e. The highest BCUT2D eigenvalue weighted by Gasteiger charge is 2.05. The van der Waals surface area contributed by atoms with Crippen LogP contribution in [0.1, 0.15) is 18.4 Å². The molecular formula is C11H11N3O2. The molecule has 0 amide bonds. The second-order valence-corrected chi connectivity index (χ2v) is 3.38. The minimum Gasteiger partial charge on any atom is -0.458 e. The van der Waals surface area contributed by atoms with Crippen LogP contribution in [0.25, 0.3) is 11.0 Å². The smallest absolute Gasteiger partial charge is 0.303 e. The number of pyridine rings is 1. The molecule has 16 heavy (non-hydrogen) atoms. The van der Waals surface area contributed by atoms with E-state index in [1.165, 1.54) is 6.92 Å². The van der Waals surface area contributed by atoms with Gasteiger partial charge in [-0.2, -0.15) is 0 Å². The number of hydrogen-bond acceptors (Lipinski definition) is 5. The number of carbonyl (C=O) groups is 1.